The number of rotatable bonds is 10. The van der Waals surface area contributed by atoms with Gasteiger partial charge in [0, 0.05) is 36.3 Å². The second kappa shape index (κ2) is 9.05. The van der Waals surface area contributed by atoms with Gasteiger partial charge in [0.2, 0.25) is 0 Å². The number of hydrogen-bond acceptors (Lipinski definition) is 6. The van der Waals surface area contributed by atoms with E-state index in [-0.39, 0.29) is 42.0 Å². The van der Waals surface area contributed by atoms with E-state index in [0.717, 1.165) is 0 Å². The van der Waals surface area contributed by atoms with Gasteiger partial charge in [0.1, 0.15) is 12.4 Å². The molecule has 0 saturated carbocycles. The van der Waals surface area contributed by atoms with E-state index < -0.39 is 33.1 Å². The number of pyridine rings is 1. The molecule has 0 amide bonds. The molecule has 0 fully saturated rings. The highest BCUT2D eigenvalue weighted by Crippen LogP contribution is 2.38. The van der Waals surface area contributed by atoms with Crippen molar-refractivity contribution in [3.8, 4) is 5.75 Å². The minimum atomic E-state index is -4.70. The van der Waals surface area contributed by atoms with Crippen LogP contribution < -0.4 is 5.32 Å². The lowest BCUT2D eigenvalue weighted by molar-refractivity contribution is -0.137. The van der Waals surface area contributed by atoms with Crippen molar-refractivity contribution < 1.29 is 38.3 Å². The van der Waals surface area contributed by atoms with Crippen LogP contribution in [0.1, 0.15) is 29.7 Å². The van der Waals surface area contributed by atoms with E-state index in [1.807, 2.05) is 0 Å². The predicted molar refractivity (Wildman–Crippen MR) is 80.9 cm³/mol. The zero-order valence-corrected chi connectivity index (χ0v) is 13.9. The van der Waals surface area contributed by atoms with Gasteiger partial charge in [-0.3, -0.25) is 14.3 Å². The first-order valence-electron chi connectivity index (χ1n) is 7.01. The minimum Gasteiger partial charge on any atom is -0.506 e. The predicted octanol–water partition coefficient (Wildman–Crippen LogP) is 0.997. The number of nitrogens with zero attached hydrogens (tertiary/aromatic N) is 1. The molecule has 0 unspecified atom stereocenters. The van der Waals surface area contributed by atoms with Crippen molar-refractivity contribution >= 4 is 13.8 Å². The van der Waals surface area contributed by atoms with Gasteiger partial charge in [-0.1, -0.05) is 0 Å². The number of phosphoric ester groups is 1. The fraction of sp³-hybridized carbons (Fsp3) is 0.538. The van der Waals surface area contributed by atoms with E-state index in [9.17, 15) is 18.9 Å². The van der Waals surface area contributed by atoms with Crippen molar-refractivity contribution in [1.82, 2.24) is 10.3 Å². The lowest BCUT2D eigenvalue weighted by atomic mass is 10.1. The number of aromatic hydroxyl groups is 1. The molecule has 1 atom stereocenters. The molecule has 9 nitrogen and oxygen atoms in total. The van der Waals surface area contributed by atoms with E-state index in [1.165, 1.54) is 13.1 Å². The lowest BCUT2D eigenvalue weighted by Crippen LogP contribution is -2.31. The molecular weight excluding hydrogens is 346 g/mol. The van der Waals surface area contributed by atoms with Gasteiger partial charge in [-0.15, -0.1) is 0 Å². The molecule has 1 heterocycles. The molecule has 0 aliphatic carbocycles. The number of carbonyl (C=O) groups is 1. The number of alkyl halides is 1. The van der Waals surface area contributed by atoms with Crippen molar-refractivity contribution in [2.45, 2.75) is 39.0 Å². The zero-order chi connectivity index (χ0) is 18.3. The summed E-state index contributed by atoms with van der Waals surface area (Å²) in [5.41, 5.74) is 0.767. The fourth-order valence-electron chi connectivity index (χ4n) is 1.94. The monoisotopic (exact) mass is 366 g/mol. The Morgan fingerprint density at radius 2 is 2.17 bits per heavy atom. The molecule has 0 aliphatic rings. The van der Waals surface area contributed by atoms with E-state index in [1.54, 1.807) is 0 Å². The highest BCUT2D eigenvalue weighted by molar-refractivity contribution is 7.46. The summed E-state index contributed by atoms with van der Waals surface area (Å²) in [5, 5.41) is 21.5. The van der Waals surface area contributed by atoms with Crippen LogP contribution in [0.2, 0.25) is 0 Å². The van der Waals surface area contributed by atoms with Crippen molar-refractivity contribution in [1.29, 1.82) is 0 Å². The van der Waals surface area contributed by atoms with Gasteiger partial charge in [0.05, 0.1) is 12.3 Å². The SMILES string of the molecule is Cc1ncc(COP(=O)(O)O)c(CN[C@H](CF)CCC(=O)O)c1O. The van der Waals surface area contributed by atoms with Crippen LogP contribution in [0.3, 0.4) is 0 Å². The number of phosphoric acid groups is 1. The Morgan fingerprint density at radius 3 is 2.71 bits per heavy atom. The second-order valence-electron chi connectivity index (χ2n) is 5.12. The van der Waals surface area contributed by atoms with Gasteiger partial charge in [-0.25, -0.2) is 8.96 Å². The lowest BCUT2D eigenvalue weighted by Gasteiger charge is -2.18. The second-order valence-corrected chi connectivity index (χ2v) is 6.36. The maximum atomic E-state index is 12.9. The first-order valence-corrected chi connectivity index (χ1v) is 8.54. The molecule has 11 heteroatoms. The molecule has 24 heavy (non-hydrogen) atoms. The van der Waals surface area contributed by atoms with Crippen LogP contribution in [0.25, 0.3) is 0 Å². The smallest absolute Gasteiger partial charge is 0.469 e. The van der Waals surface area contributed by atoms with Gasteiger partial charge in [-0.2, -0.15) is 0 Å². The van der Waals surface area contributed by atoms with Crippen molar-refractivity contribution in [3.63, 3.8) is 0 Å². The Morgan fingerprint density at radius 1 is 1.50 bits per heavy atom. The van der Waals surface area contributed by atoms with Gasteiger partial charge in [0.15, 0.2) is 0 Å². The average molecular weight is 366 g/mol. The van der Waals surface area contributed by atoms with Crippen molar-refractivity contribution in [2.24, 2.45) is 0 Å². The summed E-state index contributed by atoms with van der Waals surface area (Å²) in [6, 6.07) is -0.732. The molecule has 1 aromatic heterocycles. The summed E-state index contributed by atoms with van der Waals surface area (Å²) in [7, 11) is -4.70. The van der Waals surface area contributed by atoms with Gasteiger partial charge in [0.25, 0.3) is 0 Å². The van der Waals surface area contributed by atoms with E-state index in [0.29, 0.717) is 0 Å². The maximum Gasteiger partial charge on any atom is 0.469 e. The first kappa shape index (κ1) is 20.5. The molecule has 0 aliphatic heterocycles. The molecule has 0 spiro atoms. The number of carboxylic acids is 1. The number of aliphatic carboxylic acids is 1. The molecule has 1 aromatic rings. The molecule has 136 valence electrons. The van der Waals surface area contributed by atoms with E-state index in [2.05, 4.69) is 14.8 Å². The number of nitrogens with one attached hydrogen (secondary N) is 1. The van der Waals surface area contributed by atoms with Crippen molar-refractivity contribution in [3.05, 3.63) is 23.0 Å². The molecule has 0 bridgehead atoms. The summed E-state index contributed by atoms with van der Waals surface area (Å²) in [6.45, 7) is 0.205. The molecule has 0 saturated heterocycles. The number of hydrogen-bond donors (Lipinski definition) is 5. The third kappa shape index (κ3) is 6.90. The molecule has 0 radical (unpaired) electrons. The van der Waals surface area contributed by atoms with Crippen LogP contribution in [0.15, 0.2) is 6.20 Å². The Balaban J connectivity index is 2.85. The van der Waals surface area contributed by atoms with E-state index >= 15 is 0 Å². The molecule has 5 N–H and O–H groups in total. The van der Waals surface area contributed by atoms with Crippen LogP contribution >= 0.6 is 7.82 Å². The van der Waals surface area contributed by atoms with Crippen LogP contribution in [0.5, 0.6) is 5.75 Å². The van der Waals surface area contributed by atoms with E-state index in [4.69, 9.17) is 14.9 Å². The van der Waals surface area contributed by atoms with Crippen LogP contribution in [-0.2, 0) is 27.0 Å². The third-order valence-electron chi connectivity index (χ3n) is 3.28. The molecule has 1 rings (SSSR count). The molecule has 0 aromatic carbocycles. The Bertz CT molecular complexity index is 623. The summed E-state index contributed by atoms with van der Waals surface area (Å²) < 4.78 is 28.1. The number of carboxylic acid groups (broad SMARTS) is 1. The zero-order valence-electron chi connectivity index (χ0n) is 13.0. The average Bonchev–Trinajstić information content (AvgIpc) is 2.49. The van der Waals surface area contributed by atoms with Gasteiger partial charge >= 0.3 is 13.8 Å². The highest BCUT2D eigenvalue weighted by atomic mass is 31.2. The minimum absolute atomic E-state index is 0.0384. The van der Waals surface area contributed by atoms with Crippen LogP contribution in [-0.4, -0.2) is 43.7 Å². The van der Waals surface area contributed by atoms with Crippen molar-refractivity contribution in [2.75, 3.05) is 6.67 Å². The Hall–Kier alpha value is -1.58. The fourth-order valence-corrected chi connectivity index (χ4v) is 2.24. The van der Waals surface area contributed by atoms with Gasteiger partial charge < -0.3 is 25.3 Å². The highest BCUT2D eigenvalue weighted by Gasteiger charge is 2.19. The summed E-state index contributed by atoms with van der Waals surface area (Å²) in [6.07, 6.45) is 1.14. The Labute approximate surface area is 137 Å². The number of halogens is 1. The quantitative estimate of drug-likeness (QED) is 0.382. The van der Waals surface area contributed by atoms with Crippen LogP contribution in [0, 0.1) is 6.92 Å². The normalized spacial score (nSPS) is 13.0. The summed E-state index contributed by atoms with van der Waals surface area (Å²) in [5.74, 6) is -1.25. The number of aryl methyl sites for hydroxylation is 1. The first-order chi connectivity index (χ1) is 11.1. The topological polar surface area (TPSA) is 149 Å². The third-order valence-corrected chi connectivity index (χ3v) is 3.74. The summed E-state index contributed by atoms with van der Waals surface area (Å²) in [4.78, 5) is 31.9. The Kier molecular flexibility index (Phi) is 7.71. The molecular formula is C13H20FN2O7P. The van der Waals surface area contributed by atoms with Crippen LogP contribution in [0.4, 0.5) is 4.39 Å². The number of aromatic nitrogens is 1. The maximum absolute atomic E-state index is 12.9. The summed E-state index contributed by atoms with van der Waals surface area (Å²) >= 11 is 0. The largest absolute Gasteiger partial charge is 0.506 e. The van der Waals surface area contributed by atoms with Gasteiger partial charge in [-0.05, 0) is 13.3 Å². The standard InChI is InChI=1S/C13H20FN2O7P/c1-8-13(19)11(6-16-10(4-14)2-3-12(17)18)9(5-15-8)7-23-24(20,21)22/h5,10,16,19H,2-4,6-7H2,1H3,(H,17,18)(H2,20,21,22)/t10-/m0/s1.